The van der Waals surface area contributed by atoms with E-state index in [-0.39, 0.29) is 29.1 Å². The first-order valence-corrected chi connectivity index (χ1v) is 15.8. The normalized spacial score (nSPS) is 12.7. The minimum absolute atomic E-state index is 0.0472. The highest BCUT2D eigenvalue weighted by Gasteiger charge is 2.33. The van der Waals surface area contributed by atoms with E-state index in [0.717, 1.165) is 15.4 Å². The number of halogens is 1. The van der Waals surface area contributed by atoms with Gasteiger partial charge in [-0.05, 0) is 87.2 Å². The van der Waals surface area contributed by atoms with E-state index in [1.165, 1.54) is 37.3 Å². The fraction of sp³-hybridized carbons (Fsp3) is 0.375. The number of anilines is 1. The number of carbonyl (C=O) groups is 2. The van der Waals surface area contributed by atoms with Gasteiger partial charge in [0.15, 0.2) is 11.5 Å². The van der Waals surface area contributed by atoms with Gasteiger partial charge in [-0.25, -0.2) is 8.42 Å². The summed E-state index contributed by atoms with van der Waals surface area (Å²) >= 11 is 6.22. The summed E-state index contributed by atoms with van der Waals surface area (Å²) in [6.07, 6.45) is 0.713. The molecule has 0 spiro atoms. The van der Waals surface area contributed by atoms with Gasteiger partial charge in [0, 0.05) is 23.7 Å². The molecule has 43 heavy (non-hydrogen) atoms. The molecule has 0 radical (unpaired) electrons. The Balaban J connectivity index is 2.11. The summed E-state index contributed by atoms with van der Waals surface area (Å²) in [7, 11) is -1.42. The number of carbonyl (C=O) groups excluding carboxylic acids is 2. The van der Waals surface area contributed by atoms with Gasteiger partial charge in [0.25, 0.3) is 10.0 Å². The average Bonchev–Trinajstić information content (AvgIpc) is 2.96. The number of aryl methyl sites for hydroxylation is 2. The number of hydrogen-bond donors (Lipinski definition) is 1. The molecule has 0 saturated heterocycles. The zero-order valence-corrected chi connectivity index (χ0v) is 27.3. The van der Waals surface area contributed by atoms with Crippen molar-refractivity contribution in [3.05, 3.63) is 82.4 Å². The second-order valence-electron chi connectivity index (χ2n) is 10.5. The van der Waals surface area contributed by atoms with Gasteiger partial charge >= 0.3 is 0 Å². The minimum atomic E-state index is -4.29. The van der Waals surface area contributed by atoms with Gasteiger partial charge in [-0.3, -0.25) is 13.9 Å². The van der Waals surface area contributed by atoms with E-state index in [0.29, 0.717) is 28.4 Å². The number of nitrogens with zero attached hydrogens (tertiary/aromatic N) is 2. The van der Waals surface area contributed by atoms with Crippen LogP contribution in [-0.4, -0.2) is 58.0 Å². The van der Waals surface area contributed by atoms with Gasteiger partial charge in [-0.2, -0.15) is 0 Å². The third kappa shape index (κ3) is 8.42. The second-order valence-corrected chi connectivity index (χ2v) is 12.8. The van der Waals surface area contributed by atoms with Gasteiger partial charge in [-0.1, -0.05) is 36.7 Å². The van der Waals surface area contributed by atoms with Crippen LogP contribution >= 0.6 is 11.6 Å². The third-order valence-corrected chi connectivity index (χ3v) is 9.13. The first-order valence-electron chi connectivity index (χ1n) is 14.0. The van der Waals surface area contributed by atoms with Crippen LogP contribution in [-0.2, 0) is 26.2 Å². The molecule has 9 nitrogen and oxygen atoms in total. The molecule has 2 amide bonds. The fourth-order valence-corrected chi connectivity index (χ4v) is 6.23. The number of rotatable bonds is 13. The van der Waals surface area contributed by atoms with E-state index in [4.69, 9.17) is 21.1 Å². The van der Waals surface area contributed by atoms with Crippen LogP contribution < -0.4 is 19.1 Å². The first-order chi connectivity index (χ1) is 20.3. The van der Waals surface area contributed by atoms with Crippen LogP contribution in [0.5, 0.6) is 11.5 Å². The largest absolute Gasteiger partial charge is 0.493 e. The molecule has 2 atom stereocenters. The van der Waals surface area contributed by atoms with Crippen LogP contribution in [0, 0.1) is 13.8 Å². The van der Waals surface area contributed by atoms with E-state index in [1.54, 1.807) is 43.3 Å². The van der Waals surface area contributed by atoms with E-state index in [1.807, 2.05) is 33.8 Å². The summed E-state index contributed by atoms with van der Waals surface area (Å²) < 4.78 is 40.2. The topological polar surface area (TPSA) is 105 Å². The Morgan fingerprint density at radius 1 is 0.930 bits per heavy atom. The smallest absolute Gasteiger partial charge is 0.264 e. The Hall–Kier alpha value is -3.76. The molecule has 0 fully saturated rings. The Labute approximate surface area is 259 Å². The number of sulfonamides is 1. The second kappa shape index (κ2) is 14.6. The maximum atomic E-state index is 14.2. The van der Waals surface area contributed by atoms with Gasteiger partial charge in [0.05, 0.1) is 24.8 Å². The lowest BCUT2D eigenvalue weighted by molar-refractivity contribution is -0.139. The predicted molar refractivity (Wildman–Crippen MR) is 169 cm³/mol. The summed E-state index contributed by atoms with van der Waals surface area (Å²) in [6, 6.07) is 15.6. The monoisotopic (exact) mass is 629 g/mol. The van der Waals surface area contributed by atoms with E-state index >= 15 is 0 Å². The fourth-order valence-electron chi connectivity index (χ4n) is 4.61. The molecule has 0 unspecified atom stereocenters. The summed E-state index contributed by atoms with van der Waals surface area (Å²) in [6.45, 7) is 8.66. The standard InChI is InChI=1S/C32H40ClN3O6S/c1-8-23(4)34-32(38)24(5)35(19-25-10-9-11-26(33)17-25)31(37)20-36(27-15-21(2)14-22(3)16-27)43(39,40)28-12-13-29(41-6)30(18-28)42-7/h9-18,23-24H,8,19-20H2,1-7H3,(H,34,38)/t23-,24-/m1/s1. The SMILES string of the molecule is CC[C@@H](C)NC(=O)[C@@H](C)N(Cc1cccc(Cl)c1)C(=O)CN(c1cc(C)cc(C)c1)S(=O)(=O)c1ccc(OC)c(OC)c1. The van der Waals surface area contributed by atoms with Crippen LogP contribution in [0.15, 0.2) is 65.6 Å². The molecule has 0 heterocycles. The van der Waals surface area contributed by atoms with Crippen molar-refractivity contribution in [2.24, 2.45) is 0 Å². The predicted octanol–water partition coefficient (Wildman–Crippen LogP) is 5.50. The lowest BCUT2D eigenvalue weighted by atomic mass is 10.1. The molecule has 3 aromatic rings. The molecule has 232 valence electrons. The van der Waals surface area contributed by atoms with Crippen LogP contribution in [0.25, 0.3) is 0 Å². The number of nitrogens with one attached hydrogen (secondary N) is 1. The quantitative estimate of drug-likeness (QED) is 0.268. The molecule has 0 saturated carbocycles. The Morgan fingerprint density at radius 2 is 1.58 bits per heavy atom. The molecule has 1 N–H and O–H groups in total. The molecule has 3 rings (SSSR count). The third-order valence-electron chi connectivity index (χ3n) is 7.13. The van der Waals surface area contributed by atoms with E-state index in [2.05, 4.69) is 5.32 Å². The number of benzene rings is 3. The van der Waals surface area contributed by atoms with E-state index < -0.39 is 28.5 Å². The van der Waals surface area contributed by atoms with Gasteiger partial charge in [-0.15, -0.1) is 0 Å². The highest BCUT2D eigenvalue weighted by molar-refractivity contribution is 7.92. The number of amides is 2. The molecule has 3 aromatic carbocycles. The highest BCUT2D eigenvalue weighted by atomic mass is 35.5. The summed E-state index contributed by atoms with van der Waals surface area (Å²) in [5, 5.41) is 3.41. The van der Waals surface area contributed by atoms with Crippen molar-refractivity contribution in [3.63, 3.8) is 0 Å². The van der Waals surface area contributed by atoms with Crippen molar-refractivity contribution < 1.29 is 27.5 Å². The summed E-state index contributed by atoms with van der Waals surface area (Å²) in [5.41, 5.74) is 2.67. The van der Waals surface area contributed by atoms with Gasteiger partial charge in [0.2, 0.25) is 11.8 Å². The molecular formula is C32H40ClN3O6S. The Morgan fingerprint density at radius 3 is 2.16 bits per heavy atom. The van der Waals surface area contributed by atoms with E-state index in [9.17, 15) is 18.0 Å². The molecule has 0 aromatic heterocycles. The lowest BCUT2D eigenvalue weighted by Crippen LogP contribution is -2.52. The molecular weight excluding hydrogens is 590 g/mol. The van der Waals surface area contributed by atoms with Crippen molar-refractivity contribution >= 4 is 39.1 Å². The summed E-state index contributed by atoms with van der Waals surface area (Å²) in [5.74, 6) is -0.307. The number of hydrogen-bond acceptors (Lipinski definition) is 6. The number of methoxy groups -OCH3 is 2. The Kier molecular flexibility index (Phi) is 11.5. The molecule has 0 aliphatic heterocycles. The van der Waals surface area contributed by atoms with Crippen molar-refractivity contribution in [3.8, 4) is 11.5 Å². The van der Waals surface area contributed by atoms with Crippen molar-refractivity contribution in [2.45, 2.75) is 64.6 Å². The zero-order valence-electron chi connectivity index (χ0n) is 25.7. The minimum Gasteiger partial charge on any atom is -0.493 e. The zero-order chi connectivity index (χ0) is 31.9. The maximum Gasteiger partial charge on any atom is 0.264 e. The van der Waals surface area contributed by atoms with Crippen LogP contribution in [0.1, 0.15) is 43.9 Å². The molecule has 0 aliphatic rings. The van der Waals surface area contributed by atoms with Crippen LogP contribution in [0.3, 0.4) is 0 Å². The first kappa shape index (κ1) is 33.7. The van der Waals surface area contributed by atoms with Crippen molar-refractivity contribution in [2.75, 3.05) is 25.1 Å². The number of ether oxygens (including phenoxy) is 2. The average molecular weight is 630 g/mol. The van der Waals surface area contributed by atoms with Crippen LogP contribution in [0.4, 0.5) is 5.69 Å². The highest BCUT2D eigenvalue weighted by Crippen LogP contribution is 2.33. The van der Waals surface area contributed by atoms with Crippen LogP contribution in [0.2, 0.25) is 5.02 Å². The van der Waals surface area contributed by atoms with Crippen molar-refractivity contribution in [1.29, 1.82) is 0 Å². The summed E-state index contributed by atoms with van der Waals surface area (Å²) in [4.78, 5) is 28.7. The van der Waals surface area contributed by atoms with Crippen molar-refractivity contribution in [1.82, 2.24) is 10.2 Å². The molecule has 0 aliphatic carbocycles. The Bertz CT molecular complexity index is 1540. The lowest BCUT2D eigenvalue weighted by Gasteiger charge is -2.32. The molecule has 11 heteroatoms. The molecule has 0 bridgehead atoms. The maximum absolute atomic E-state index is 14.2. The van der Waals surface area contributed by atoms with Gasteiger partial charge in [0.1, 0.15) is 12.6 Å². The van der Waals surface area contributed by atoms with Gasteiger partial charge < -0.3 is 19.7 Å².